The molecule has 1 unspecified atom stereocenters. The molecule has 0 aliphatic rings. The molecular weight excluding hydrogens is 360 g/mol. The van der Waals surface area contributed by atoms with Crippen molar-refractivity contribution >= 4 is 31.9 Å². The molecule has 0 fully saturated rings. The van der Waals surface area contributed by atoms with Gasteiger partial charge in [0.25, 0.3) is 0 Å². The van der Waals surface area contributed by atoms with Gasteiger partial charge in [0.05, 0.1) is 18.3 Å². The van der Waals surface area contributed by atoms with Gasteiger partial charge in [0.1, 0.15) is 0 Å². The quantitative estimate of drug-likeness (QED) is 0.638. The summed E-state index contributed by atoms with van der Waals surface area (Å²) in [7, 11) is 1.73. The average molecular weight is 380 g/mol. The van der Waals surface area contributed by atoms with Crippen molar-refractivity contribution in [2.75, 3.05) is 19.0 Å². The van der Waals surface area contributed by atoms with E-state index >= 15 is 0 Å². The highest BCUT2D eigenvalue weighted by atomic mass is 79.9. The van der Waals surface area contributed by atoms with Gasteiger partial charge in [0, 0.05) is 16.9 Å². The number of alkyl halides is 1. The molecule has 1 aromatic carbocycles. The van der Waals surface area contributed by atoms with Crippen LogP contribution in [0.4, 0.5) is 0 Å². The number of methoxy groups -OCH3 is 1. The van der Waals surface area contributed by atoms with E-state index in [1.807, 2.05) is 12.1 Å². The van der Waals surface area contributed by atoms with Crippen LogP contribution in [0.25, 0.3) is 0 Å². The van der Waals surface area contributed by atoms with Gasteiger partial charge in [-0.1, -0.05) is 44.0 Å². The molecule has 102 valence electrons. The summed E-state index contributed by atoms with van der Waals surface area (Å²) in [5.41, 5.74) is 1.05. The zero-order valence-corrected chi connectivity index (χ0v) is 14.3. The summed E-state index contributed by atoms with van der Waals surface area (Å²) >= 11 is 6.98. The molecular formula is C14H20Br2O2. The lowest BCUT2D eigenvalue weighted by Gasteiger charge is -2.24. The molecule has 4 heteroatoms. The molecule has 1 rings (SSSR count). The number of rotatable bonds is 7. The maximum Gasteiger partial charge on any atom is 0.0922 e. The van der Waals surface area contributed by atoms with Crippen LogP contribution in [0.15, 0.2) is 28.7 Å². The third-order valence-corrected chi connectivity index (χ3v) is 4.02. The van der Waals surface area contributed by atoms with E-state index in [-0.39, 0.29) is 11.7 Å². The van der Waals surface area contributed by atoms with Crippen LogP contribution in [0.2, 0.25) is 0 Å². The summed E-state index contributed by atoms with van der Waals surface area (Å²) in [6.45, 7) is 4.82. The molecule has 0 saturated heterocycles. The van der Waals surface area contributed by atoms with Gasteiger partial charge < -0.3 is 9.47 Å². The van der Waals surface area contributed by atoms with Gasteiger partial charge >= 0.3 is 0 Å². The lowest BCUT2D eigenvalue weighted by molar-refractivity contribution is -0.0228. The van der Waals surface area contributed by atoms with Crippen molar-refractivity contribution in [3.63, 3.8) is 0 Å². The Labute approximate surface area is 126 Å². The second-order valence-corrected chi connectivity index (χ2v) is 6.35. The highest BCUT2D eigenvalue weighted by Gasteiger charge is 2.18. The first-order valence-corrected chi connectivity index (χ1v) is 7.88. The highest BCUT2D eigenvalue weighted by Crippen LogP contribution is 2.24. The lowest BCUT2D eigenvalue weighted by Crippen LogP contribution is -2.25. The van der Waals surface area contributed by atoms with Gasteiger partial charge in [-0.05, 0) is 38.0 Å². The summed E-state index contributed by atoms with van der Waals surface area (Å²) in [6, 6.07) is 8.21. The van der Waals surface area contributed by atoms with Crippen molar-refractivity contribution < 1.29 is 9.47 Å². The molecule has 0 saturated carbocycles. The summed E-state index contributed by atoms with van der Waals surface area (Å²) < 4.78 is 12.4. The topological polar surface area (TPSA) is 18.5 Å². The molecule has 2 nitrogen and oxygen atoms in total. The first kappa shape index (κ1) is 16.2. The maximum absolute atomic E-state index is 5.92. The monoisotopic (exact) mass is 378 g/mol. The Morgan fingerprint density at radius 3 is 2.61 bits per heavy atom. The number of benzene rings is 1. The van der Waals surface area contributed by atoms with Crippen molar-refractivity contribution in [1.82, 2.24) is 0 Å². The third kappa shape index (κ3) is 5.39. The molecule has 1 aromatic rings. The van der Waals surface area contributed by atoms with Crippen LogP contribution in [0.1, 0.15) is 31.9 Å². The first-order valence-electron chi connectivity index (χ1n) is 5.96. The third-order valence-electron chi connectivity index (χ3n) is 2.94. The van der Waals surface area contributed by atoms with E-state index in [2.05, 4.69) is 57.8 Å². The van der Waals surface area contributed by atoms with Gasteiger partial charge in [-0.2, -0.15) is 0 Å². The molecule has 0 aliphatic carbocycles. The Bertz CT molecular complexity index is 367. The van der Waals surface area contributed by atoms with Crippen LogP contribution in [0, 0.1) is 0 Å². The smallest absolute Gasteiger partial charge is 0.0922 e. The zero-order valence-electron chi connectivity index (χ0n) is 11.1. The Morgan fingerprint density at radius 1 is 1.33 bits per heavy atom. The molecule has 0 bridgehead atoms. The van der Waals surface area contributed by atoms with Crippen molar-refractivity contribution in [3.8, 4) is 0 Å². The minimum absolute atomic E-state index is 0.0788. The van der Waals surface area contributed by atoms with E-state index in [1.54, 1.807) is 7.11 Å². The summed E-state index contributed by atoms with van der Waals surface area (Å²) in [4.78, 5) is 0. The second-order valence-electron chi connectivity index (χ2n) is 4.78. The largest absolute Gasteiger partial charge is 0.379 e. The van der Waals surface area contributed by atoms with Crippen LogP contribution in [-0.4, -0.2) is 24.6 Å². The summed E-state index contributed by atoms with van der Waals surface area (Å²) in [6.07, 6.45) is 0.955. The van der Waals surface area contributed by atoms with Crippen LogP contribution in [-0.2, 0) is 9.47 Å². The van der Waals surface area contributed by atoms with E-state index in [4.69, 9.17) is 9.47 Å². The lowest BCUT2D eigenvalue weighted by atomic mass is 10.1. The van der Waals surface area contributed by atoms with Crippen LogP contribution < -0.4 is 0 Å². The fourth-order valence-corrected chi connectivity index (χ4v) is 2.46. The van der Waals surface area contributed by atoms with Gasteiger partial charge in [0.2, 0.25) is 0 Å². The van der Waals surface area contributed by atoms with Gasteiger partial charge in [-0.3, -0.25) is 0 Å². The predicted octanol–water partition coefficient (Wildman–Crippen LogP) is 4.72. The van der Waals surface area contributed by atoms with Crippen molar-refractivity contribution in [3.05, 3.63) is 34.3 Å². The summed E-state index contributed by atoms with van der Waals surface area (Å²) in [5, 5.41) is 0.789. The summed E-state index contributed by atoms with van der Waals surface area (Å²) in [5.74, 6) is 0. The first-order chi connectivity index (χ1) is 8.48. The van der Waals surface area contributed by atoms with Crippen LogP contribution >= 0.6 is 31.9 Å². The molecule has 0 spiro atoms. The molecule has 0 amide bonds. The normalized spacial score (nSPS) is 13.6. The van der Waals surface area contributed by atoms with E-state index in [1.165, 1.54) is 5.56 Å². The number of ether oxygens (including phenoxy) is 2. The molecule has 0 heterocycles. The van der Waals surface area contributed by atoms with Crippen molar-refractivity contribution in [2.45, 2.75) is 32.0 Å². The zero-order chi connectivity index (χ0) is 13.6. The van der Waals surface area contributed by atoms with E-state index in [0.717, 1.165) is 16.2 Å². The molecule has 0 aliphatic heterocycles. The van der Waals surface area contributed by atoms with Crippen molar-refractivity contribution in [1.29, 1.82) is 0 Å². The fraction of sp³-hybridized carbons (Fsp3) is 0.571. The SMILES string of the molecule is COC(C)(C)CCOC(CBr)c1cccc(Br)c1. The number of hydrogen-bond acceptors (Lipinski definition) is 2. The van der Waals surface area contributed by atoms with E-state index in [0.29, 0.717) is 6.61 Å². The minimum atomic E-state index is -0.131. The second kappa shape index (κ2) is 7.63. The Balaban J connectivity index is 2.53. The molecule has 0 aromatic heterocycles. The molecule has 0 radical (unpaired) electrons. The fourth-order valence-electron chi connectivity index (χ4n) is 1.49. The maximum atomic E-state index is 5.92. The van der Waals surface area contributed by atoms with Gasteiger partial charge in [-0.25, -0.2) is 0 Å². The Kier molecular flexibility index (Phi) is 6.85. The average Bonchev–Trinajstić information content (AvgIpc) is 2.34. The van der Waals surface area contributed by atoms with E-state index in [9.17, 15) is 0 Å². The van der Waals surface area contributed by atoms with Crippen LogP contribution in [0.5, 0.6) is 0 Å². The molecule has 1 atom stereocenters. The number of hydrogen-bond donors (Lipinski definition) is 0. The Morgan fingerprint density at radius 2 is 2.06 bits per heavy atom. The minimum Gasteiger partial charge on any atom is -0.379 e. The molecule has 18 heavy (non-hydrogen) atoms. The van der Waals surface area contributed by atoms with E-state index < -0.39 is 0 Å². The van der Waals surface area contributed by atoms with Crippen molar-refractivity contribution in [2.24, 2.45) is 0 Å². The predicted molar refractivity (Wildman–Crippen MR) is 82.3 cm³/mol. The van der Waals surface area contributed by atoms with Crippen LogP contribution in [0.3, 0.4) is 0 Å². The number of halogens is 2. The highest BCUT2D eigenvalue weighted by molar-refractivity contribution is 9.10. The van der Waals surface area contributed by atoms with Gasteiger partial charge in [0.15, 0.2) is 0 Å². The van der Waals surface area contributed by atoms with Gasteiger partial charge in [-0.15, -0.1) is 0 Å². The standard InChI is InChI=1S/C14H20Br2O2/c1-14(2,17-3)7-8-18-13(10-15)11-5-4-6-12(16)9-11/h4-6,9,13H,7-8,10H2,1-3H3. The molecule has 0 N–H and O–H groups in total. The Hall–Kier alpha value is 0.1000.